The number of hydrogen-bond donors (Lipinski definition) is 2. The molecule has 1 aliphatic heterocycles. The third kappa shape index (κ3) is 2.60. The van der Waals surface area contributed by atoms with Gasteiger partial charge in [0.15, 0.2) is 0 Å². The average Bonchev–Trinajstić information content (AvgIpc) is 3.23. The van der Waals surface area contributed by atoms with Gasteiger partial charge in [0, 0.05) is 18.2 Å². The zero-order valence-corrected chi connectivity index (χ0v) is 13.0. The molecular weight excluding hydrogens is 290 g/mol. The molecule has 0 radical (unpaired) electrons. The standard InChI is InChI=1S/C18H21N3O2/c22-15-6-3-12(4-7-15)17-2-1-9-21(17)18(23)13-5-8-16-14(10-13)11-19-20-16/h3-4,6-7,11,13,17,22H,1-2,5,8-10H2,(H,19,20). The third-order valence-electron chi connectivity index (χ3n) is 5.18. The highest BCUT2D eigenvalue weighted by Crippen LogP contribution is 2.35. The number of H-pyrrole nitrogens is 1. The smallest absolute Gasteiger partial charge is 0.226 e. The number of aromatic amines is 1. The summed E-state index contributed by atoms with van der Waals surface area (Å²) in [7, 11) is 0. The summed E-state index contributed by atoms with van der Waals surface area (Å²) in [6.07, 6.45) is 6.50. The minimum absolute atomic E-state index is 0.0674. The van der Waals surface area contributed by atoms with E-state index < -0.39 is 0 Å². The summed E-state index contributed by atoms with van der Waals surface area (Å²) in [5.74, 6) is 0.606. The van der Waals surface area contributed by atoms with Gasteiger partial charge >= 0.3 is 0 Å². The van der Waals surface area contributed by atoms with Crippen LogP contribution in [-0.4, -0.2) is 32.7 Å². The second kappa shape index (κ2) is 5.72. The van der Waals surface area contributed by atoms with E-state index in [1.807, 2.05) is 23.2 Å². The highest BCUT2D eigenvalue weighted by atomic mass is 16.3. The molecule has 0 spiro atoms. The first kappa shape index (κ1) is 14.3. The summed E-state index contributed by atoms with van der Waals surface area (Å²) in [4.78, 5) is 15.1. The number of phenols is 1. The highest BCUT2D eigenvalue weighted by molar-refractivity contribution is 5.80. The SMILES string of the molecule is O=C(C1CCc2[nH]ncc2C1)N1CCCC1c1ccc(O)cc1. The first-order valence-electron chi connectivity index (χ1n) is 8.33. The Bertz CT molecular complexity index is 707. The Kier molecular flexibility index (Phi) is 3.56. The number of aromatic hydroxyl groups is 1. The van der Waals surface area contributed by atoms with E-state index in [1.165, 1.54) is 11.3 Å². The number of benzene rings is 1. The van der Waals surface area contributed by atoms with Crippen molar-refractivity contribution in [2.75, 3.05) is 6.54 Å². The minimum Gasteiger partial charge on any atom is -0.508 e. The Morgan fingerprint density at radius 1 is 1.26 bits per heavy atom. The van der Waals surface area contributed by atoms with Crippen molar-refractivity contribution in [3.63, 3.8) is 0 Å². The van der Waals surface area contributed by atoms with Crippen molar-refractivity contribution in [1.82, 2.24) is 15.1 Å². The molecule has 0 bridgehead atoms. The van der Waals surface area contributed by atoms with Crippen LogP contribution in [0.25, 0.3) is 0 Å². The predicted molar refractivity (Wildman–Crippen MR) is 85.9 cm³/mol. The normalized spacial score (nSPS) is 23.7. The van der Waals surface area contributed by atoms with Gasteiger partial charge in [0.05, 0.1) is 12.2 Å². The van der Waals surface area contributed by atoms with Crippen LogP contribution >= 0.6 is 0 Å². The summed E-state index contributed by atoms with van der Waals surface area (Å²) in [5.41, 5.74) is 3.49. The van der Waals surface area contributed by atoms with E-state index in [-0.39, 0.29) is 23.6 Å². The molecule has 120 valence electrons. The van der Waals surface area contributed by atoms with Gasteiger partial charge in [-0.2, -0.15) is 5.10 Å². The van der Waals surface area contributed by atoms with Gasteiger partial charge in [-0.3, -0.25) is 9.89 Å². The van der Waals surface area contributed by atoms with Gasteiger partial charge < -0.3 is 10.0 Å². The van der Waals surface area contributed by atoms with E-state index in [0.717, 1.165) is 44.2 Å². The van der Waals surface area contributed by atoms with Crippen LogP contribution < -0.4 is 0 Å². The number of fused-ring (bicyclic) bond motifs is 1. The Balaban J connectivity index is 1.52. The van der Waals surface area contributed by atoms with Crippen molar-refractivity contribution in [2.24, 2.45) is 5.92 Å². The molecule has 1 fully saturated rings. The maximum atomic E-state index is 13.0. The monoisotopic (exact) mass is 311 g/mol. The summed E-state index contributed by atoms with van der Waals surface area (Å²) in [5, 5.41) is 16.6. The lowest BCUT2D eigenvalue weighted by atomic mass is 9.86. The molecule has 4 rings (SSSR count). The first-order chi connectivity index (χ1) is 11.2. The third-order valence-corrected chi connectivity index (χ3v) is 5.18. The van der Waals surface area contributed by atoms with Crippen molar-refractivity contribution < 1.29 is 9.90 Å². The lowest BCUT2D eigenvalue weighted by Crippen LogP contribution is -2.38. The fourth-order valence-electron chi connectivity index (χ4n) is 3.94. The van der Waals surface area contributed by atoms with Gasteiger partial charge in [-0.15, -0.1) is 0 Å². The van der Waals surface area contributed by atoms with Crippen LogP contribution in [0.1, 0.15) is 42.1 Å². The fraction of sp³-hybridized carbons (Fsp3) is 0.444. The van der Waals surface area contributed by atoms with Crippen LogP contribution in [0.15, 0.2) is 30.5 Å². The molecule has 1 aromatic carbocycles. The highest BCUT2D eigenvalue weighted by Gasteiger charge is 2.35. The molecule has 2 N–H and O–H groups in total. The van der Waals surface area contributed by atoms with E-state index in [2.05, 4.69) is 10.2 Å². The number of aryl methyl sites for hydroxylation is 1. The molecule has 2 atom stereocenters. The number of hydrogen-bond acceptors (Lipinski definition) is 3. The molecule has 1 aliphatic carbocycles. The topological polar surface area (TPSA) is 69.2 Å². The Morgan fingerprint density at radius 2 is 2.09 bits per heavy atom. The second-order valence-electron chi connectivity index (χ2n) is 6.59. The Hall–Kier alpha value is -2.30. The molecule has 5 nitrogen and oxygen atoms in total. The van der Waals surface area contributed by atoms with Crippen LogP contribution in [0.4, 0.5) is 0 Å². The van der Waals surface area contributed by atoms with Crippen molar-refractivity contribution in [2.45, 2.75) is 38.1 Å². The van der Waals surface area contributed by atoms with E-state index in [9.17, 15) is 9.90 Å². The molecule has 1 amide bonds. The van der Waals surface area contributed by atoms with E-state index in [0.29, 0.717) is 0 Å². The number of nitrogens with zero attached hydrogens (tertiary/aromatic N) is 2. The molecule has 1 aromatic heterocycles. The van der Waals surface area contributed by atoms with Crippen LogP contribution in [0.5, 0.6) is 5.75 Å². The molecule has 23 heavy (non-hydrogen) atoms. The number of aromatic nitrogens is 2. The Morgan fingerprint density at radius 3 is 2.91 bits per heavy atom. The van der Waals surface area contributed by atoms with Gasteiger partial charge in [-0.25, -0.2) is 0 Å². The van der Waals surface area contributed by atoms with Crippen molar-refractivity contribution >= 4 is 5.91 Å². The van der Waals surface area contributed by atoms with Gasteiger partial charge in [-0.05, 0) is 55.4 Å². The van der Waals surface area contributed by atoms with Gasteiger partial charge in [0.25, 0.3) is 0 Å². The molecule has 5 heteroatoms. The van der Waals surface area contributed by atoms with Crippen molar-refractivity contribution in [1.29, 1.82) is 0 Å². The lowest BCUT2D eigenvalue weighted by molar-refractivity contribution is -0.136. The lowest BCUT2D eigenvalue weighted by Gasteiger charge is -2.30. The number of carbonyl (C=O) groups is 1. The molecule has 2 heterocycles. The van der Waals surface area contributed by atoms with Crippen molar-refractivity contribution in [3.05, 3.63) is 47.3 Å². The van der Waals surface area contributed by atoms with Crippen LogP contribution in [0.2, 0.25) is 0 Å². The number of nitrogens with one attached hydrogen (secondary N) is 1. The zero-order valence-electron chi connectivity index (χ0n) is 13.0. The van der Waals surface area contributed by atoms with Crippen molar-refractivity contribution in [3.8, 4) is 5.75 Å². The zero-order chi connectivity index (χ0) is 15.8. The van der Waals surface area contributed by atoms with E-state index >= 15 is 0 Å². The van der Waals surface area contributed by atoms with Crippen LogP contribution in [0, 0.1) is 5.92 Å². The Labute approximate surface area is 135 Å². The number of rotatable bonds is 2. The maximum absolute atomic E-state index is 13.0. The molecule has 2 unspecified atom stereocenters. The maximum Gasteiger partial charge on any atom is 0.226 e. The number of carbonyl (C=O) groups excluding carboxylic acids is 1. The quantitative estimate of drug-likeness (QED) is 0.895. The molecule has 2 aromatic rings. The molecule has 0 saturated carbocycles. The largest absolute Gasteiger partial charge is 0.508 e. The van der Waals surface area contributed by atoms with Gasteiger partial charge in [-0.1, -0.05) is 12.1 Å². The van der Waals surface area contributed by atoms with Gasteiger partial charge in [0.1, 0.15) is 5.75 Å². The summed E-state index contributed by atoms with van der Waals surface area (Å²) < 4.78 is 0. The number of likely N-dealkylation sites (tertiary alicyclic amines) is 1. The van der Waals surface area contributed by atoms with E-state index in [1.54, 1.807) is 12.1 Å². The minimum atomic E-state index is 0.0674. The molecule has 2 aliphatic rings. The molecule has 1 saturated heterocycles. The molecular formula is C18H21N3O2. The summed E-state index contributed by atoms with van der Waals surface area (Å²) in [6, 6.07) is 7.42. The van der Waals surface area contributed by atoms with Crippen LogP contribution in [-0.2, 0) is 17.6 Å². The summed E-state index contributed by atoms with van der Waals surface area (Å²) in [6.45, 7) is 0.832. The average molecular weight is 311 g/mol. The summed E-state index contributed by atoms with van der Waals surface area (Å²) >= 11 is 0. The van der Waals surface area contributed by atoms with Gasteiger partial charge in [0.2, 0.25) is 5.91 Å². The van der Waals surface area contributed by atoms with E-state index in [4.69, 9.17) is 0 Å². The fourth-order valence-corrected chi connectivity index (χ4v) is 3.94. The number of amides is 1. The first-order valence-corrected chi connectivity index (χ1v) is 8.33. The number of phenolic OH excluding ortho intramolecular Hbond substituents is 1. The second-order valence-corrected chi connectivity index (χ2v) is 6.59. The van der Waals surface area contributed by atoms with Crippen LogP contribution in [0.3, 0.4) is 0 Å². The predicted octanol–water partition coefficient (Wildman–Crippen LogP) is 2.58.